The smallest absolute Gasteiger partial charge is 0.0351 e. The Morgan fingerprint density at radius 1 is 1.50 bits per heavy atom. The van der Waals surface area contributed by atoms with E-state index in [1.165, 1.54) is 5.56 Å². The summed E-state index contributed by atoms with van der Waals surface area (Å²) in [6, 6.07) is 2.74. The molecule has 0 fully saturated rings. The molecular weight excluding hydrogens is 166 g/mol. The summed E-state index contributed by atoms with van der Waals surface area (Å²) >= 11 is 1.77. The molecule has 0 aliphatic carbocycles. The quantitative estimate of drug-likeness (QED) is 0.756. The molecule has 0 radical (unpaired) electrons. The Bertz CT molecular complexity index is 204. The molecule has 0 bridgehead atoms. The molecule has 1 aromatic heterocycles. The summed E-state index contributed by atoms with van der Waals surface area (Å²) in [4.78, 5) is 0. The fraction of sp³-hybridized carbons (Fsp3) is 0.600. The van der Waals surface area contributed by atoms with E-state index in [-0.39, 0.29) is 0 Å². The maximum absolute atomic E-state index is 3.49. The molecule has 2 heteroatoms. The van der Waals surface area contributed by atoms with E-state index in [2.05, 4.69) is 42.9 Å². The fourth-order valence-electron chi connectivity index (χ4n) is 1.41. The molecule has 1 unspecified atom stereocenters. The van der Waals surface area contributed by atoms with Crippen molar-refractivity contribution in [3.8, 4) is 0 Å². The van der Waals surface area contributed by atoms with E-state index in [4.69, 9.17) is 0 Å². The van der Waals surface area contributed by atoms with Gasteiger partial charge in [-0.2, -0.15) is 11.3 Å². The van der Waals surface area contributed by atoms with Gasteiger partial charge in [0.1, 0.15) is 0 Å². The number of rotatable bonds is 4. The van der Waals surface area contributed by atoms with Crippen molar-refractivity contribution in [2.45, 2.75) is 26.8 Å². The zero-order valence-corrected chi connectivity index (χ0v) is 8.82. The highest BCUT2D eigenvalue weighted by Crippen LogP contribution is 2.23. The van der Waals surface area contributed by atoms with Gasteiger partial charge < -0.3 is 5.32 Å². The van der Waals surface area contributed by atoms with Crippen LogP contribution in [-0.4, -0.2) is 6.54 Å². The summed E-state index contributed by atoms with van der Waals surface area (Å²) in [5.74, 6) is 0.666. The van der Waals surface area contributed by atoms with Crippen LogP contribution in [0.15, 0.2) is 16.8 Å². The summed E-state index contributed by atoms with van der Waals surface area (Å²) in [6.45, 7) is 7.70. The second-order valence-corrected chi connectivity index (χ2v) is 4.12. The zero-order valence-electron chi connectivity index (χ0n) is 8.00. The molecule has 1 nitrogen and oxygen atoms in total. The number of hydrogen-bond donors (Lipinski definition) is 1. The van der Waals surface area contributed by atoms with Crippen molar-refractivity contribution < 1.29 is 0 Å². The summed E-state index contributed by atoms with van der Waals surface area (Å²) in [5.41, 5.74) is 1.43. The first-order chi connectivity index (χ1) is 5.75. The standard InChI is InChI=1S/C10H17NS/c1-4-11-10(8(2)3)9-5-6-12-7-9/h5-8,10-11H,4H2,1-3H3. The molecule has 1 rings (SSSR count). The molecule has 0 aliphatic heterocycles. The fourth-order valence-corrected chi connectivity index (χ4v) is 2.11. The van der Waals surface area contributed by atoms with Crippen molar-refractivity contribution in [2.24, 2.45) is 5.92 Å². The summed E-state index contributed by atoms with van der Waals surface area (Å²) in [7, 11) is 0. The van der Waals surface area contributed by atoms with Gasteiger partial charge in [0.2, 0.25) is 0 Å². The maximum atomic E-state index is 3.49. The minimum atomic E-state index is 0.529. The summed E-state index contributed by atoms with van der Waals surface area (Å²) < 4.78 is 0. The Morgan fingerprint density at radius 3 is 2.67 bits per heavy atom. The highest BCUT2D eigenvalue weighted by molar-refractivity contribution is 7.07. The molecular formula is C10H17NS. The molecule has 0 aliphatic rings. The van der Waals surface area contributed by atoms with E-state index in [1.54, 1.807) is 11.3 Å². The summed E-state index contributed by atoms with van der Waals surface area (Å²) in [6.07, 6.45) is 0. The lowest BCUT2D eigenvalue weighted by molar-refractivity contribution is 0.423. The Labute approximate surface area is 78.8 Å². The first-order valence-corrected chi connectivity index (χ1v) is 5.45. The number of hydrogen-bond acceptors (Lipinski definition) is 2. The van der Waals surface area contributed by atoms with Gasteiger partial charge in [-0.25, -0.2) is 0 Å². The van der Waals surface area contributed by atoms with Gasteiger partial charge in [-0.05, 0) is 34.9 Å². The minimum absolute atomic E-state index is 0.529. The Kier molecular flexibility index (Phi) is 3.76. The molecule has 0 spiro atoms. The van der Waals surface area contributed by atoms with E-state index in [1.807, 2.05) is 0 Å². The van der Waals surface area contributed by atoms with Crippen LogP contribution in [0.5, 0.6) is 0 Å². The lowest BCUT2D eigenvalue weighted by Crippen LogP contribution is -2.24. The minimum Gasteiger partial charge on any atom is -0.310 e. The first-order valence-electron chi connectivity index (χ1n) is 4.51. The monoisotopic (exact) mass is 183 g/mol. The van der Waals surface area contributed by atoms with Gasteiger partial charge >= 0.3 is 0 Å². The highest BCUT2D eigenvalue weighted by Gasteiger charge is 2.13. The van der Waals surface area contributed by atoms with Gasteiger partial charge in [0, 0.05) is 6.04 Å². The van der Waals surface area contributed by atoms with Crippen molar-refractivity contribution in [1.82, 2.24) is 5.32 Å². The van der Waals surface area contributed by atoms with Crippen LogP contribution in [0.25, 0.3) is 0 Å². The van der Waals surface area contributed by atoms with Crippen molar-refractivity contribution >= 4 is 11.3 Å². The van der Waals surface area contributed by atoms with Crippen molar-refractivity contribution in [1.29, 1.82) is 0 Å². The average molecular weight is 183 g/mol. The Morgan fingerprint density at radius 2 is 2.25 bits per heavy atom. The lowest BCUT2D eigenvalue weighted by atomic mass is 9.99. The van der Waals surface area contributed by atoms with Gasteiger partial charge in [-0.15, -0.1) is 0 Å². The average Bonchev–Trinajstić information content (AvgIpc) is 2.51. The largest absolute Gasteiger partial charge is 0.310 e. The van der Waals surface area contributed by atoms with Crippen LogP contribution in [0.4, 0.5) is 0 Å². The van der Waals surface area contributed by atoms with Crippen LogP contribution in [0.2, 0.25) is 0 Å². The number of thiophene rings is 1. The molecule has 0 saturated heterocycles. The van der Waals surface area contributed by atoms with E-state index in [0.29, 0.717) is 12.0 Å². The molecule has 0 amide bonds. The molecule has 1 N–H and O–H groups in total. The van der Waals surface area contributed by atoms with Gasteiger partial charge in [0.05, 0.1) is 0 Å². The third-order valence-corrected chi connectivity index (χ3v) is 2.69. The first kappa shape index (κ1) is 9.75. The van der Waals surface area contributed by atoms with Crippen LogP contribution in [0.1, 0.15) is 32.4 Å². The van der Waals surface area contributed by atoms with Crippen LogP contribution in [-0.2, 0) is 0 Å². The normalized spacial score (nSPS) is 13.7. The summed E-state index contributed by atoms with van der Waals surface area (Å²) in [5, 5.41) is 7.86. The van der Waals surface area contributed by atoms with Crippen LogP contribution in [0, 0.1) is 5.92 Å². The molecule has 1 heterocycles. The predicted molar refractivity (Wildman–Crippen MR) is 55.6 cm³/mol. The molecule has 68 valence electrons. The van der Waals surface area contributed by atoms with E-state index in [0.717, 1.165) is 6.54 Å². The molecule has 1 atom stereocenters. The van der Waals surface area contributed by atoms with Gasteiger partial charge in [-0.1, -0.05) is 20.8 Å². The van der Waals surface area contributed by atoms with Gasteiger partial charge in [0.25, 0.3) is 0 Å². The SMILES string of the molecule is CCNC(c1ccsc1)C(C)C. The molecule has 0 aromatic carbocycles. The van der Waals surface area contributed by atoms with Crippen molar-refractivity contribution in [3.63, 3.8) is 0 Å². The highest BCUT2D eigenvalue weighted by atomic mass is 32.1. The van der Waals surface area contributed by atoms with Crippen LogP contribution >= 0.6 is 11.3 Å². The van der Waals surface area contributed by atoms with E-state index < -0.39 is 0 Å². The van der Waals surface area contributed by atoms with Gasteiger partial charge in [0.15, 0.2) is 0 Å². The van der Waals surface area contributed by atoms with Crippen molar-refractivity contribution in [2.75, 3.05) is 6.54 Å². The Balaban J connectivity index is 2.66. The molecule has 0 saturated carbocycles. The zero-order chi connectivity index (χ0) is 8.97. The van der Waals surface area contributed by atoms with Crippen molar-refractivity contribution in [3.05, 3.63) is 22.4 Å². The molecule has 1 aromatic rings. The maximum Gasteiger partial charge on any atom is 0.0351 e. The van der Waals surface area contributed by atoms with Crippen LogP contribution in [0.3, 0.4) is 0 Å². The van der Waals surface area contributed by atoms with Gasteiger partial charge in [-0.3, -0.25) is 0 Å². The predicted octanol–water partition coefficient (Wildman–Crippen LogP) is 3.05. The Hall–Kier alpha value is -0.340. The second kappa shape index (κ2) is 4.63. The molecule has 12 heavy (non-hydrogen) atoms. The third-order valence-electron chi connectivity index (χ3n) is 1.99. The van der Waals surface area contributed by atoms with E-state index in [9.17, 15) is 0 Å². The lowest BCUT2D eigenvalue weighted by Gasteiger charge is -2.20. The second-order valence-electron chi connectivity index (χ2n) is 3.34. The topological polar surface area (TPSA) is 12.0 Å². The number of nitrogens with one attached hydrogen (secondary N) is 1. The third kappa shape index (κ3) is 2.32. The van der Waals surface area contributed by atoms with E-state index >= 15 is 0 Å². The van der Waals surface area contributed by atoms with Crippen LogP contribution < -0.4 is 5.32 Å².